The van der Waals surface area contributed by atoms with E-state index in [0.717, 1.165) is 17.7 Å². The summed E-state index contributed by atoms with van der Waals surface area (Å²) in [5.41, 5.74) is 2.13. The molecule has 1 aromatic heterocycles. The SMILES string of the molecule is COCC[C@H](NCc1ccn[nH]1)c1ccc(Cl)c(Cl)c1. The van der Waals surface area contributed by atoms with Crippen LogP contribution in [0.2, 0.25) is 10.0 Å². The van der Waals surface area contributed by atoms with Crippen LogP contribution < -0.4 is 5.32 Å². The number of benzene rings is 1. The van der Waals surface area contributed by atoms with Crippen LogP contribution in [0.25, 0.3) is 0 Å². The van der Waals surface area contributed by atoms with Crippen LogP contribution in [0.4, 0.5) is 0 Å². The van der Waals surface area contributed by atoms with Gasteiger partial charge in [0.15, 0.2) is 0 Å². The highest BCUT2D eigenvalue weighted by Crippen LogP contribution is 2.27. The molecule has 0 saturated carbocycles. The summed E-state index contributed by atoms with van der Waals surface area (Å²) in [5.74, 6) is 0. The molecular weight excluding hydrogens is 297 g/mol. The second-order valence-corrected chi connectivity index (χ2v) is 5.28. The Morgan fingerprint density at radius 3 is 2.80 bits per heavy atom. The smallest absolute Gasteiger partial charge is 0.0595 e. The number of H-pyrrole nitrogens is 1. The molecule has 0 aliphatic heterocycles. The molecule has 0 aliphatic carbocycles. The first-order valence-electron chi connectivity index (χ1n) is 6.36. The van der Waals surface area contributed by atoms with Crippen LogP contribution in [-0.2, 0) is 11.3 Å². The van der Waals surface area contributed by atoms with E-state index in [-0.39, 0.29) is 6.04 Å². The second-order valence-electron chi connectivity index (χ2n) is 4.47. The summed E-state index contributed by atoms with van der Waals surface area (Å²) in [7, 11) is 1.70. The van der Waals surface area contributed by atoms with E-state index in [1.54, 1.807) is 13.3 Å². The van der Waals surface area contributed by atoms with E-state index in [9.17, 15) is 0 Å². The summed E-state index contributed by atoms with van der Waals surface area (Å²) in [6.45, 7) is 1.37. The zero-order chi connectivity index (χ0) is 14.4. The van der Waals surface area contributed by atoms with Crippen LogP contribution in [0.15, 0.2) is 30.5 Å². The van der Waals surface area contributed by atoms with E-state index >= 15 is 0 Å². The maximum atomic E-state index is 6.08. The monoisotopic (exact) mass is 313 g/mol. The van der Waals surface area contributed by atoms with Gasteiger partial charge in [-0.2, -0.15) is 5.10 Å². The van der Waals surface area contributed by atoms with Crippen LogP contribution in [0.3, 0.4) is 0 Å². The van der Waals surface area contributed by atoms with Gasteiger partial charge >= 0.3 is 0 Å². The molecule has 0 fully saturated rings. The first-order valence-corrected chi connectivity index (χ1v) is 7.12. The fourth-order valence-electron chi connectivity index (χ4n) is 1.97. The van der Waals surface area contributed by atoms with Gasteiger partial charge in [0.05, 0.1) is 10.0 Å². The van der Waals surface area contributed by atoms with Crippen molar-refractivity contribution < 1.29 is 4.74 Å². The Hall–Kier alpha value is -1.07. The summed E-state index contributed by atoms with van der Waals surface area (Å²) in [6.07, 6.45) is 2.59. The van der Waals surface area contributed by atoms with Gasteiger partial charge in [-0.3, -0.25) is 5.10 Å². The lowest BCUT2D eigenvalue weighted by Crippen LogP contribution is -2.22. The third kappa shape index (κ3) is 4.21. The summed E-state index contributed by atoms with van der Waals surface area (Å²) in [4.78, 5) is 0. The van der Waals surface area contributed by atoms with Gasteiger partial charge < -0.3 is 10.1 Å². The quantitative estimate of drug-likeness (QED) is 0.821. The Balaban J connectivity index is 2.07. The van der Waals surface area contributed by atoms with Crippen LogP contribution in [-0.4, -0.2) is 23.9 Å². The molecule has 1 atom stereocenters. The number of halogens is 2. The molecule has 0 unspecified atom stereocenters. The Labute approximate surface area is 128 Å². The van der Waals surface area contributed by atoms with E-state index in [1.165, 1.54) is 0 Å². The van der Waals surface area contributed by atoms with E-state index in [1.807, 2.05) is 24.3 Å². The number of nitrogens with zero attached hydrogens (tertiary/aromatic N) is 1. The largest absolute Gasteiger partial charge is 0.385 e. The Kier molecular flexibility index (Phi) is 5.86. The van der Waals surface area contributed by atoms with Crippen molar-refractivity contribution in [3.8, 4) is 0 Å². The molecule has 0 aliphatic rings. The highest BCUT2D eigenvalue weighted by molar-refractivity contribution is 6.42. The molecule has 1 aromatic carbocycles. The lowest BCUT2D eigenvalue weighted by Gasteiger charge is -2.19. The molecule has 0 spiro atoms. The van der Waals surface area contributed by atoms with Gasteiger partial charge in [0.25, 0.3) is 0 Å². The van der Waals surface area contributed by atoms with Gasteiger partial charge in [-0.15, -0.1) is 0 Å². The average molecular weight is 314 g/mol. The first kappa shape index (κ1) is 15.3. The molecule has 0 bridgehead atoms. The first-order chi connectivity index (χ1) is 9.70. The van der Waals surface area contributed by atoms with Gasteiger partial charge in [0.1, 0.15) is 0 Å². The van der Waals surface area contributed by atoms with Crippen LogP contribution in [0.1, 0.15) is 23.7 Å². The number of hydrogen-bond acceptors (Lipinski definition) is 3. The van der Waals surface area contributed by atoms with Crippen LogP contribution >= 0.6 is 23.2 Å². The average Bonchev–Trinajstić information content (AvgIpc) is 2.95. The molecule has 2 aromatic rings. The topological polar surface area (TPSA) is 49.9 Å². The van der Waals surface area contributed by atoms with Crippen molar-refractivity contribution in [1.29, 1.82) is 0 Å². The fourth-order valence-corrected chi connectivity index (χ4v) is 2.27. The molecule has 0 radical (unpaired) electrons. The minimum Gasteiger partial charge on any atom is -0.385 e. The molecule has 6 heteroatoms. The third-order valence-electron chi connectivity index (χ3n) is 3.05. The predicted octanol–water partition coefficient (Wildman–Crippen LogP) is 3.58. The van der Waals surface area contributed by atoms with Gasteiger partial charge in [-0.1, -0.05) is 29.3 Å². The van der Waals surface area contributed by atoms with Gasteiger partial charge in [0, 0.05) is 38.2 Å². The van der Waals surface area contributed by atoms with Gasteiger partial charge in [-0.25, -0.2) is 0 Å². The van der Waals surface area contributed by atoms with Crippen LogP contribution in [0.5, 0.6) is 0 Å². The Morgan fingerprint density at radius 1 is 1.30 bits per heavy atom. The Bertz CT molecular complexity index is 531. The van der Waals surface area contributed by atoms with E-state index in [2.05, 4.69) is 15.5 Å². The normalized spacial score (nSPS) is 12.6. The van der Waals surface area contributed by atoms with Crippen molar-refractivity contribution >= 4 is 23.2 Å². The maximum Gasteiger partial charge on any atom is 0.0595 e. The molecule has 2 rings (SSSR count). The highest BCUT2D eigenvalue weighted by atomic mass is 35.5. The molecule has 4 nitrogen and oxygen atoms in total. The zero-order valence-corrected chi connectivity index (χ0v) is 12.7. The van der Waals surface area contributed by atoms with Crippen molar-refractivity contribution in [2.45, 2.75) is 19.0 Å². The number of rotatable bonds is 7. The maximum absolute atomic E-state index is 6.08. The number of hydrogen-bond donors (Lipinski definition) is 2. The molecule has 0 amide bonds. The predicted molar refractivity (Wildman–Crippen MR) is 81.1 cm³/mol. The van der Waals surface area contributed by atoms with Crippen LogP contribution in [0, 0.1) is 0 Å². The highest BCUT2D eigenvalue weighted by Gasteiger charge is 2.12. The number of aromatic amines is 1. The van der Waals surface area contributed by atoms with E-state index < -0.39 is 0 Å². The zero-order valence-electron chi connectivity index (χ0n) is 11.2. The summed E-state index contributed by atoms with van der Waals surface area (Å²) >= 11 is 12.0. The van der Waals surface area contributed by atoms with Crippen molar-refractivity contribution in [3.05, 3.63) is 51.8 Å². The molecule has 2 N–H and O–H groups in total. The van der Waals surface area contributed by atoms with E-state index in [4.69, 9.17) is 27.9 Å². The van der Waals surface area contributed by atoms with Crippen molar-refractivity contribution in [2.24, 2.45) is 0 Å². The molecule has 0 saturated heterocycles. The molecule has 108 valence electrons. The lowest BCUT2D eigenvalue weighted by atomic mass is 10.0. The molecular formula is C14H17Cl2N3O. The second kappa shape index (κ2) is 7.64. The lowest BCUT2D eigenvalue weighted by molar-refractivity contribution is 0.182. The number of aromatic nitrogens is 2. The molecule has 20 heavy (non-hydrogen) atoms. The number of nitrogens with one attached hydrogen (secondary N) is 2. The van der Waals surface area contributed by atoms with Gasteiger partial charge in [-0.05, 0) is 30.2 Å². The summed E-state index contributed by atoms with van der Waals surface area (Å²) in [5, 5.41) is 11.5. The van der Waals surface area contributed by atoms with Crippen molar-refractivity contribution in [3.63, 3.8) is 0 Å². The minimum absolute atomic E-state index is 0.146. The fraction of sp³-hybridized carbons (Fsp3) is 0.357. The summed E-state index contributed by atoms with van der Waals surface area (Å²) < 4.78 is 5.17. The summed E-state index contributed by atoms with van der Waals surface area (Å²) in [6, 6.07) is 7.78. The Morgan fingerprint density at radius 2 is 2.15 bits per heavy atom. The standard InChI is InChI=1S/C14H17Cl2N3O/c1-20-7-5-14(17-9-11-4-6-18-19-11)10-2-3-12(15)13(16)8-10/h2-4,6,8,14,17H,5,7,9H2,1H3,(H,18,19)/t14-/m0/s1. The minimum atomic E-state index is 0.146. The molecule has 1 heterocycles. The van der Waals surface area contributed by atoms with Crippen molar-refractivity contribution in [1.82, 2.24) is 15.5 Å². The van der Waals surface area contributed by atoms with E-state index in [0.29, 0.717) is 23.2 Å². The number of methoxy groups -OCH3 is 1. The van der Waals surface area contributed by atoms with Gasteiger partial charge in [0.2, 0.25) is 0 Å². The number of ether oxygens (including phenoxy) is 1. The van der Waals surface area contributed by atoms with Crippen molar-refractivity contribution in [2.75, 3.05) is 13.7 Å². The third-order valence-corrected chi connectivity index (χ3v) is 3.79.